The molecule has 0 aliphatic rings. The lowest BCUT2D eigenvalue weighted by atomic mass is 10.2. The third-order valence-corrected chi connectivity index (χ3v) is 3.80. The molecule has 0 spiro atoms. The van der Waals surface area contributed by atoms with E-state index in [1.807, 2.05) is 12.1 Å². The van der Waals surface area contributed by atoms with Crippen molar-refractivity contribution >= 4 is 11.0 Å². The number of aryl methyl sites for hydroxylation is 1. The maximum atomic E-state index is 5.87. The van der Waals surface area contributed by atoms with E-state index in [0.717, 1.165) is 41.9 Å². The second kappa shape index (κ2) is 6.80. The Kier molecular flexibility index (Phi) is 5.07. The van der Waals surface area contributed by atoms with Gasteiger partial charge in [-0.1, -0.05) is 13.3 Å². The second-order valence-corrected chi connectivity index (χ2v) is 5.28. The molecule has 1 unspecified atom stereocenters. The number of imidazole rings is 1. The van der Waals surface area contributed by atoms with Gasteiger partial charge in [-0.15, -0.1) is 0 Å². The number of nitrogens with zero attached hydrogens (tertiary/aromatic N) is 2. The van der Waals surface area contributed by atoms with E-state index in [9.17, 15) is 0 Å². The summed E-state index contributed by atoms with van der Waals surface area (Å²) in [6, 6.07) is 4.13. The van der Waals surface area contributed by atoms with Crippen molar-refractivity contribution in [3.63, 3.8) is 0 Å². The third kappa shape index (κ3) is 2.97. The molecule has 21 heavy (non-hydrogen) atoms. The van der Waals surface area contributed by atoms with E-state index in [4.69, 9.17) is 20.2 Å². The molecule has 0 radical (unpaired) electrons. The number of rotatable bonds is 7. The molecule has 1 aromatic carbocycles. The van der Waals surface area contributed by atoms with Crippen LogP contribution in [0.2, 0.25) is 0 Å². The van der Waals surface area contributed by atoms with Crippen LogP contribution in [0.4, 0.5) is 0 Å². The van der Waals surface area contributed by atoms with E-state index in [1.54, 1.807) is 14.2 Å². The van der Waals surface area contributed by atoms with Gasteiger partial charge in [0, 0.05) is 31.1 Å². The number of aromatic nitrogens is 2. The van der Waals surface area contributed by atoms with Crippen LogP contribution in [0.15, 0.2) is 12.1 Å². The van der Waals surface area contributed by atoms with Crippen molar-refractivity contribution in [2.24, 2.45) is 5.73 Å². The highest BCUT2D eigenvalue weighted by Gasteiger charge is 2.17. The number of nitrogens with two attached hydrogens (primary N) is 1. The lowest BCUT2D eigenvalue weighted by molar-refractivity contribution is 0.355. The number of fused-ring (bicyclic) bond motifs is 1. The molecule has 1 atom stereocenters. The van der Waals surface area contributed by atoms with Crippen molar-refractivity contribution in [2.75, 3.05) is 20.8 Å². The molecule has 0 amide bonds. The van der Waals surface area contributed by atoms with E-state index in [-0.39, 0.29) is 6.04 Å². The molecule has 0 saturated heterocycles. The van der Waals surface area contributed by atoms with Gasteiger partial charge in [-0.2, -0.15) is 0 Å². The lowest BCUT2D eigenvalue weighted by Crippen LogP contribution is -2.18. The van der Waals surface area contributed by atoms with Gasteiger partial charge in [0.25, 0.3) is 0 Å². The highest BCUT2D eigenvalue weighted by Crippen LogP contribution is 2.33. The Balaban J connectivity index is 2.61. The van der Waals surface area contributed by atoms with E-state index in [0.29, 0.717) is 12.3 Å². The predicted octanol–water partition coefficient (Wildman–Crippen LogP) is 2.92. The van der Waals surface area contributed by atoms with Crippen molar-refractivity contribution < 1.29 is 9.47 Å². The summed E-state index contributed by atoms with van der Waals surface area (Å²) in [5.74, 6) is 2.51. The molecule has 0 aliphatic heterocycles. The molecular weight excluding hydrogens is 266 g/mol. The van der Waals surface area contributed by atoms with Crippen LogP contribution < -0.4 is 15.2 Å². The predicted molar refractivity (Wildman–Crippen MR) is 85.2 cm³/mol. The largest absolute Gasteiger partial charge is 0.493 e. The Hall–Kier alpha value is -1.75. The first-order chi connectivity index (χ1) is 10.2. The Morgan fingerprint density at radius 3 is 2.48 bits per heavy atom. The normalized spacial score (nSPS) is 12.6. The summed E-state index contributed by atoms with van der Waals surface area (Å²) in [5.41, 5.74) is 7.86. The van der Waals surface area contributed by atoms with Crippen LogP contribution in [0.5, 0.6) is 11.5 Å². The minimum absolute atomic E-state index is 0.208. The van der Waals surface area contributed by atoms with Gasteiger partial charge in [0.1, 0.15) is 5.82 Å². The molecule has 116 valence electrons. The number of hydrogen-bond donors (Lipinski definition) is 1. The van der Waals surface area contributed by atoms with Crippen LogP contribution in [0.3, 0.4) is 0 Å². The molecule has 2 rings (SSSR count). The number of benzene rings is 1. The zero-order chi connectivity index (χ0) is 15.4. The van der Waals surface area contributed by atoms with Gasteiger partial charge >= 0.3 is 0 Å². The molecule has 0 fully saturated rings. The first kappa shape index (κ1) is 15.6. The molecule has 1 heterocycles. The van der Waals surface area contributed by atoms with E-state index >= 15 is 0 Å². The summed E-state index contributed by atoms with van der Waals surface area (Å²) in [6.45, 7) is 4.89. The molecular formula is C16H25N3O2. The zero-order valence-electron chi connectivity index (χ0n) is 13.3. The average molecular weight is 291 g/mol. The van der Waals surface area contributed by atoms with Crippen LogP contribution in [-0.2, 0) is 6.42 Å². The molecule has 0 saturated carbocycles. The van der Waals surface area contributed by atoms with Crippen LogP contribution in [0.1, 0.15) is 38.6 Å². The fourth-order valence-electron chi connectivity index (χ4n) is 2.58. The summed E-state index contributed by atoms with van der Waals surface area (Å²) in [6.07, 6.45) is 3.22. The van der Waals surface area contributed by atoms with Gasteiger partial charge in [-0.3, -0.25) is 0 Å². The quantitative estimate of drug-likeness (QED) is 0.852. The Morgan fingerprint density at radius 2 is 1.90 bits per heavy atom. The SMILES string of the molecule is CCCCc1nc2cc(OC)c(OC)cc2n1C(C)CN. The summed E-state index contributed by atoms with van der Waals surface area (Å²) in [7, 11) is 3.29. The van der Waals surface area contributed by atoms with Gasteiger partial charge in [0.2, 0.25) is 0 Å². The first-order valence-electron chi connectivity index (χ1n) is 7.49. The van der Waals surface area contributed by atoms with E-state index < -0.39 is 0 Å². The molecule has 2 aromatic rings. The summed E-state index contributed by atoms with van der Waals surface area (Å²) >= 11 is 0. The fourth-order valence-corrected chi connectivity index (χ4v) is 2.58. The highest BCUT2D eigenvalue weighted by molar-refractivity contribution is 5.81. The number of ether oxygens (including phenoxy) is 2. The lowest BCUT2D eigenvalue weighted by Gasteiger charge is -2.16. The monoisotopic (exact) mass is 291 g/mol. The minimum atomic E-state index is 0.208. The van der Waals surface area contributed by atoms with Crippen molar-refractivity contribution in [2.45, 2.75) is 39.2 Å². The Morgan fingerprint density at radius 1 is 1.24 bits per heavy atom. The van der Waals surface area contributed by atoms with Crippen molar-refractivity contribution in [1.82, 2.24) is 9.55 Å². The molecule has 1 aromatic heterocycles. The minimum Gasteiger partial charge on any atom is -0.493 e. The summed E-state index contributed by atoms with van der Waals surface area (Å²) in [5, 5.41) is 0. The standard InChI is InChI=1S/C16H25N3O2/c1-5-6-7-16-18-12-8-14(20-3)15(21-4)9-13(12)19(16)11(2)10-17/h8-9,11H,5-7,10,17H2,1-4H3. The van der Waals surface area contributed by atoms with Gasteiger partial charge < -0.3 is 19.8 Å². The Labute approximate surface area is 126 Å². The molecule has 0 aliphatic carbocycles. The number of hydrogen-bond acceptors (Lipinski definition) is 4. The highest BCUT2D eigenvalue weighted by atomic mass is 16.5. The summed E-state index contributed by atoms with van der Waals surface area (Å²) in [4.78, 5) is 4.78. The molecule has 5 heteroatoms. The molecule has 0 bridgehead atoms. The van der Waals surface area contributed by atoms with Gasteiger partial charge in [0.05, 0.1) is 25.3 Å². The average Bonchev–Trinajstić information content (AvgIpc) is 2.87. The van der Waals surface area contributed by atoms with Crippen LogP contribution in [-0.4, -0.2) is 30.3 Å². The molecule has 5 nitrogen and oxygen atoms in total. The van der Waals surface area contributed by atoms with Gasteiger partial charge in [-0.25, -0.2) is 4.98 Å². The third-order valence-electron chi connectivity index (χ3n) is 3.80. The van der Waals surface area contributed by atoms with E-state index in [2.05, 4.69) is 18.4 Å². The van der Waals surface area contributed by atoms with Crippen LogP contribution >= 0.6 is 0 Å². The Bertz CT molecular complexity index is 607. The van der Waals surface area contributed by atoms with Crippen molar-refractivity contribution in [1.29, 1.82) is 0 Å². The van der Waals surface area contributed by atoms with Gasteiger partial charge in [0.15, 0.2) is 11.5 Å². The number of methoxy groups -OCH3 is 2. The van der Waals surface area contributed by atoms with E-state index in [1.165, 1.54) is 0 Å². The number of unbranched alkanes of at least 4 members (excludes halogenated alkanes) is 1. The molecule has 2 N–H and O–H groups in total. The fraction of sp³-hybridized carbons (Fsp3) is 0.562. The van der Waals surface area contributed by atoms with Gasteiger partial charge in [-0.05, 0) is 13.3 Å². The maximum absolute atomic E-state index is 5.87. The van der Waals surface area contributed by atoms with Crippen LogP contribution in [0, 0.1) is 0 Å². The first-order valence-corrected chi connectivity index (χ1v) is 7.49. The van der Waals surface area contributed by atoms with Crippen molar-refractivity contribution in [3.05, 3.63) is 18.0 Å². The van der Waals surface area contributed by atoms with Crippen LogP contribution in [0.25, 0.3) is 11.0 Å². The van der Waals surface area contributed by atoms with Crippen molar-refractivity contribution in [3.8, 4) is 11.5 Å². The zero-order valence-corrected chi connectivity index (χ0v) is 13.3. The summed E-state index contributed by atoms with van der Waals surface area (Å²) < 4.78 is 13.0. The topological polar surface area (TPSA) is 62.3 Å². The smallest absolute Gasteiger partial charge is 0.163 e. The maximum Gasteiger partial charge on any atom is 0.163 e. The second-order valence-electron chi connectivity index (χ2n) is 5.28.